The zero-order chi connectivity index (χ0) is 16.7. The molecule has 0 N–H and O–H groups in total. The predicted molar refractivity (Wildman–Crippen MR) is 94.5 cm³/mol. The molecule has 2 rings (SSSR count). The lowest BCUT2D eigenvalue weighted by atomic mass is 9.82. The van der Waals surface area contributed by atoms with Crippen LogP contribution in [-0.2, 0) is 10.8 Å². The highest BCUT2D eigenvalue weighted by molar-refractivity contribution is 5.88. The average Bonchev–Trinajstić information content (AvgIpc) is 2.42. The van der Waals surface area contributed by atoms with E-state index in [1.807, 2.05) is 0 Å². The topological polar surface area (TPSA) is 18.5 Å². The van der Waals surface area contributed by atoms with Gasteiger partial charge in [-0.1, -0.05) is 41.5 Å². The zero-order valence-electron chi connectivity index (χ0n) is 15.1. The van der Waals surface area contributed by atoms with Crippen molar-refractivity contribution in [2.45, 2.75) is 52.4 Å². The van der Waals surface area contributed by atoms with Gasteiger partial charge >= 0.3 is 0 Å². The van der Waals surface area contributed by atoms with Crippen molar-refractivity contribution < 1.29 is 9.47 Å². The van der Waals surface area contributed by atoms with E-state index < -0.39 is 0 Å². The van der Waals surface area contributed by atoms with Crippen molar-refractivity contribution in [3.05, 3.63) is 35.4 Å². The van der Waals surface area contributed by atoms with Crippen molar-refractivity contribution in [1.82, 2.24) is 0 Å². The third kappa shape index (κ3) is 3.06. The summed E-state index contributed by atoms with van der Waals surface area (Å²) in [5, 5.41) is 2.38. The van der Waals surface area contributed by atoms with Crippen LogP contribution in [0.3, 0.4) is 0 Å². The number of fused-ring (bicyclic) bond motifs is 1. The van der Waals surface area contributed by atoms with Crippen LogP contribution in [0.25, 0.3) is 10.8 Å². The SMILES string of the molecule is COc1cc2cc(OC)c(C(C)(C)C)cc2cc1C(C)(C)C. The fraction of sp³-hybridized carbons (Fsp3) is 0.500. The van der Waals surface area contributed by atoms with Crippen LogP contribution in [0.2, 0.25) is 0 Å². The first-order valence-corrected chi connectivity index (χ1v) is 7.78. The van der Waals surface area contributed by atoms with Crippen LogP contribution < -0.4 is 9.47 Å². The van der Waals surface area contributed by atoms with Crippen molar-refractivity contribution in [1.29, 1.82) is 0 Å². The van der Waals surface area contributed by atoms with Crippen molar-refractivity contribution in [3.63, 3.8) is 0 Å². The molecule has 0 saturated carbocycles. The summed E-state index contributed by atoms with van der Waals surface area (Å²) in [4.78, 5) is 0. The minimum atomic E-state index is 0.0430. The molecule has 0 amide bonds. The highest BCUT2D eigenvalue weighted by Crippen LogP contribution is 2.39. The van der Waals surface area contributed by atoms with E-state index in [0.29, 0.717) is 0 Å². The Morgan fingerprint density at radius 2 is 0.909 bits per heavy atom. The molecular weight excluding hydrogens is 272 g/mol. The minimum Gasteiger partial charge on any atom is -0.496 e. The number of hydrogen-bond donors (Lipinski definition) is 0. The van der Waals surface area contributed by atoms with Gasteiger partial charge in [0.2, 0.25) is 0 Å². The van der Waals surface area contributed by atoms with E-state index in [2.05, 4.69) is 65.8 Å². The van der Waals surface area contributed by atoms with Gasteiger partial charge in [-0.3, -0.25) is 0 Å². The molecule has 22 heavy (non-hydrogen) atoms. The average molecular weight is 300 g/mol. The van der Waals surface area contributed by atoms with Gasteiger partial charge < -0.3 is 9.47 Å². The molecule has 2 heteroatoms. The van der Waals surface area contributed by atoms with Gasteiger partial charge in [-0.2, -0.15) is 0 Å². The lowest BCUT2D eigenvalue weighted by Crippen LogP contribution is -2.14. The smallest absolute Gasteiger partial charge is 0.123 e. The van der Waals surface area contributed by atoms with Gasteiger partial charge in [0, 0.05) is 11.1 Å². The second kappa shape index (κ2) is 5.49. The van der Waals surface area contributed by atoms with E-state index in [9.17, 15) is 0 Å². The third-order valence-corrected chi connectivity index (χ3v) is 4.09. The van der Waals surface area contributed by atoms with Crippen LogP contribution in [0, 0.1) is 0 Å². The van der Waals surface area contributed by atoms with Crippen LogP contribution >= 0.6 is 0 Å². The van der Waals surface area contributed by atoms with Crippen molar-refractivity contribution in [2.75, 3.05) is 14.2 Å². The minimum absolute atomic E-state index is 0.0430. The molecule has 0 saturated heterocycles. The number of ether oxygens (including phenoxy) is 2. The molecule has 2 aromatic carbocycles. The number of benzene rings is 2. The summed E-state index contributed by atoms with van der Waals surface area (Å²) in [5.74, 6) is 1.87. The van der Waals surface area contributed by atoms with Crippen molar-refractivity contribution in [3.8, 4) is 11.5 Å². The molecule has 0 bridgehead atoms. The Balaban J connectivity index is 2.80. The second-order valence-corrected chi connectivity index (χ2v) is 7.95. The van der Waals surface area contributed by atoms with Gasteiger partial charge in [-0.05, 0) is 45.9 Å². The molecule has 0 atom stereocenters. The highest BCUT2D eigenvalue weighted by Gasteiger charge is 2.23. The maximum Gasteiger partial charge on any atom is 0.123 e. The van der Waals surface area contributed by atoms with E-state index in [1.54, 1.807) is 14.2 Å². The highest BCUT2D eigenvalue weighted by atomic mass is 16.5. The van der Waals surface area contributed by atoms with E-state index in [0.717, 1.165) is 16.9 Å². The molecule has 0 aliphatic carbocycles. The Morgan fingerprint density at radius 1 is 0.591 bits per heavy atom. The Labute approximate surface area is 134 Å². The lowest BCUT2D eigenvalue weighted by molar-refractivity contribution is 0.396. The molecule has 0 heterocycles. The summed E-state index contributed by atoms with van der Waals surface area (Å²) in [5.41, 5.74) is 2.54. The second-order valence-electron chi connectivity index (χ2n) is 7.95. The summed E-state index contributed by atoms with van der Waals surface area (Å²) in [6.45, 7) is 13.3. The van der Waals surface area contributed by atoms with Gasteiger partial charge in [0.05, 0.1) is 14.2 Å². The van der Waals surface area contributed by atoms with Crippen LogP contribution in [0.4, 0.5) is 0 Å². The Morgan fingerprint density at radius 3 is 1.18 bits per heavy atom. The molecular formula is C20H28O2. The fourth-order valence-electron chi connectivity index (χ4n) is 2.82. The van der Waals surface area contributed by atoms with Crippen LogP contribution in [-0.4, -0.2) is 14.2 Å². The molecule has 0 aliphatic heterocycles. The molecule has 0 radical (unpaired) electrons. The third-order valence-electron chi connectivity index (χ3n) is 4.09. The number of hydrogen-bond acceptors (Lipinski definition) is 2. The van der Waals surface area contributed by atoms with E-state index in [4.69, 9.17) is 9.47 Å². The van der Waals surface area contributed by atoms with Crippen molar-refractivity contribution >= 4 is 10.8 Å². The van der Waals surface area contributed by atoms with E-state index in [1.165, 1.54) is 16.5 Å². The number of rotatable bonds is 2. The Hall–Kier alpha value is -1.70. The maximum atomic E-state index is 5.61. The molecule has 0 unspecified atom stereocenters. The largest absolute Gasteiger partial charge is 0.496 e. The van der Waals surface area contributed by atoms with Gasteiger partial charge in [0.25, 0.3) is 0 Å². The molecule has 0 aromatic heterocycles. The monoisotopic (exact) mass is 300 g/mol. The summed E-state index contributed by atoms with van der Waals surface area (Å²) in [6, 6.07) is 8.74. The molecule has 120 valence electrons. The molecule has 2 aromatic rings. The lowest BCUT2D eigenvalue weighted by Gasteiger charge is -2.25. The first-order valence-electron chi connectivity index (χ1n) is 7.78. The Bertz CT molecular complexity index is 629. The molecule has 0 spiro atoms. The first kappa shape index (κ1) is 16.7. The fourth-order valence-corrected chi connectivity index (χ4v) is 2.82. The first-order chi connectivity index (χ1) is 10.1. The van der Waals surface area contributed by atoms with Gasteiger partial charge in [-0.15, -0.1) is 0 Å². The van der Waals surface area contributed by atoms with Gasteiger partial charge in [0.15, 0.2) is 0 Å². The molecule has 0 fully saturated rings. The van der Waals surface area contributed by atoms with E-state index >= 15 is 0 Å². The predicted octanol–water partition coefficient (Wildman–Crippen LogP) is 5.45. The van der Waals surface area contributed by atoms with Crippen LogP contribution in [0.15, 0.2) is 24.3 Å². The van der Waals surface area contributed by atoms with Crippen LogP contribution in [0.1, 0.15) is 52.7 Å². The summed E-state index contributed by atoms with van der Waals surface area (Å²) < 4.78 is 11.2. The summed E-state index contributed by atoms with van der Waals surface area (Å²) >= 11 is 0. The maximum absolute atomic E-state index is 5.61. The van der Waals surface area contributed by atoms with E-state index in [-0.39, 0.29) is 10.8 Å². The number of methoxy groups -OCH3 is 2. The Kier molecular flexibility index (Phi) is 4.16. The summed E-state index contributed by atoms with van der Waals surface area (Å²) in [7, 11) is 3.47. The van der Waals surface area contributed by atoms with Gasteiger partial charge in [-0.25, -0.2) is 0 Å². The zero-order valence-corrected chi connectivity index (χ0v) is 15.1. The summed E-state index contributed by atoms with van der Waals surface area (Å²) in [6.07, 6.45) is 0. The standard InChI is InChI=1S/C20H28O2/c1-19(2,3)15-9-13-10-16(20(4,5)6)18(22-8)12-14(13)11-17(15)21-7/h9-12H,1-8H3. The molecule has 2 nitrogen and oxygen atoms in total. The molecule has 0 aliphatic rings. The van der Waals surface area contributed by atoms with Crippen molar-refractivity contribution in [2.24, 2.45) is 0 Å². The van der Waals surface area contributed by atoms with Gasteiger partial charge in [0.1, 0.15) is 11.5 Å². The van der Waals surface area contributed by atoms with Crippen LogP contribution in [0.5, 0.6) is 11.5 Å². The normalized spacial score (nSPS) is 12.5. The quantitative estimate of drug-likeness (QED) is 0.734.